The second-order valence-electron chi connectivity index (χ2n) is 5.75. The van der Waals surface area contributed by atoms with Gasteiger partial charge in [0.05, 0.1) is 24.1 Å². The zero-order valence-electron chi connectivity index (χ0n) is 11.7. The second-order valence-corrected chi connectivity index (χ2v) is 5.75. The first-order valence-corrected chi connectivity index (χ1v) is 7.50. The molecule has 2 fully saturated rings. The van der Waals surface area contributed by atoms with E-state index in [0.717, 1.165) is 37.4 Å². The summed E-state index contributed by atoms with van der Waals surface area (Å²) in [6, 6.07) is 0. The van der Waals surface area contributed by atoms with Crippen LogP contribution in [0.15, 0.2) is 12.4 Å². The molecule has 0 aromatic carbocycles. The molecule has 1 aliphatic carbocycles. The highest BCUT2D eigenvalue weighted by molar-refractivity contribution is 5.36. The van der Waals surface area contributed by atoms with Gasteiger partial charge in [0.1, 0.15) is 5.82 Å². The van der Waals surface area contributed by atoms with E-state index in [1.54, 1.807) is 6.20 Å². The summed E-state index contributed by atoms with van der Waals surface area (Å²) in [5.41, 5.74) is 0.988. The van der Waals surface area contributed by atoms with Crippen LogP contribution in [0.25, 0.3) is 0 Å². The number of aryl methyl sites for hydroxylation is 1. The highest BCUT2D eigenvalue weighted by Crippen LogP contribution is 2.26. The third-order valence-corrected chi connectivity index (χ3v) is 4.20. The van der Waals surface area contributed by atoms with Crippen LogP contribution >= 0.6 is 0 Å². The molecule has 104 valence electrons. The fraction of sp³-hybridized carbons (Fsp3) is 0.733. The normalized spacial score (nSPS) is 22.1. The third kappa shape index (κ3) is 3.24. The summed E-state index contributed by atoms with van der Waals surface area (Å²) < 4.78 is 6.20. The van der Waals surface area contributed by atoms with Crippen molar-refractivity contribution in [2.75, 3.05) is 18.0 Å². The van der Waals surface area contributed by atoms with Crippen molar-refractivity contribution in [3.05, 3.63) is 18.1 Å². The fourth-order valence-electron chi connectivity index (χ4n) is 3.12. The van der Waals surface area contributed by atoms with E-state index >= 15 is 0 Å². The second kappa shape index (κ2) is 5.87. The maximum Gasteiger partial charge on any atom is 0.147 e. The average Bonchev–Trinajstić information content (AvgIpc) is 2.92. The molecule has 0 bridgehead atoms. The van der Waals surface area contributed by atoms with Crippen LogP contribution in [-0.4, -0.2) is 35.3 Å². The van der Waals surface area contributed by atoms with Crippen LogP contribution in [0, 0.1) is 6.92 Å². The summed E-state index contributed by atoms with van der Waals surface area (Å²) in [6.45, 7) is 4.07. The highest BCUT2D eigenvalue weighted by atomic mass is 16.5. The Bertz CT molecular complexity index is 410. The van der Waals surface area contributed by atoms with Crippen molar-refractivity contribution in [3.8, 4) is 0 Å². The number of hydrogen-bond acceptors (Lipinski definition) is 4. The van der Waals surface area contributed by atoms with Gasteiger partial charge in [-0.3, -0.25) is 4.98 Å². The number of piperidine rings is 1. The lowest BCUT2D eigenvalue weighted by Gasteiger charge is -2.33. The van der Waals surface area contributed by atoms with Gasteiger partial charge in [0.2, 0.25) is 0 Å². The van der Waals surface area contributed by atoms with Gasteiger partial charge in [0, 0.05) is 19.3 Å². The third-order valence-electron chi connectivity index (χ3n) is 4.20. The van der Waals surface area contributed by atoms with Gasteiger partial charge >= 0.3 is 0 Å². The molecule has 4 heteroatoms. The molecule has 0 amide bonds. The molecule has 0 N–H and O–H groups in total. The largest absolute Gasteiger partial charge is 0.375 e. The van der Waals surface area contributed by atoms with Crippen LogP contribution in [0.2, 0.25) is 0 Å². The van der Waals surface area contributed by atoms with Gasteiger partial charge in [0.15, 0.2) is 0 Å². The Kier molecular flexibility index (Phi) is 3.97. The molecular formula is C15H23N3O. The summed E-state index contributed by atoms with van der Waals surface area (Å²) in [4.78, 5) is 11.1. The Morgan fingerprint density at radius 3 is 2.42 bits per heavy atom. The zero-order valence-corrected chi connectivity index (χ0v) is 11.7. The smallest absolute Gasteiger partial charge is 0.147 e. The first-order valence-electron chi connectivity index (χ1n) is 7.50. The Morgan fingerprint density at radius 1 is 1.05 bits per heavy atom. The molecule has 0 spiro atoms. The fourth-order valence-corrected chi connectivity index (χ4v) is 3.12. The number of hydrogen-bond donors (Lipinski definition) is 0. The van der Waals surface area contributed by atoms with Crippen molar-refractivity contribution in [3.63, 3.8) is 0 Å². The van der Waals surface area contributed by atoms with Crippen LogP contribution in [-0.2, 0) is 4.74 Å². The number of nitrogens with zero attached hydrogens (tertiary/aromatic N) is 3. The molecule has 4 nitrogen and oxygen atoms in total. The topological polar surface area (TPSA) is 38.2 Å². The van der Waals surface area contributed by atoms with Crippen molar-refractivity contribution in [1.29, 1.82) is 0 Å². The van der Waals surface area contributed by atoms with Crippen LogP contribution in [0.5, 0.6) is 0 Å². The maximum absolute atomic E-state index is 6.20. The molecule has 1 aliphatic heterocycles. The van der Waals surface area contributed by atoms with Crippen LogP contribution in [0.1, 0.15) is 44.2 Å². The SMILES string of the molecule is Cc1cncc(N2CCC(OC3CCCC3)CC2)n1. The van der Waals surface area contributed by atoms with Crippen LogP contribution in [0.4, 0.5) is 5.82 Å². The van der Waals surface area contributed by atoms with E-state index in [0.29, 0.717) is 12.2 Å². The highest BCUT2D eigenvalue weighted by Gasteiger charge is 2.25. The predicted octanol–water partition coefficient (Wildman–Crippen LogP) is 2.71. The Morgan fingerprint density at radius 2 is 1.74 bits per heavy atom. The van der Waals surface area contributed by atoms with E-state index in [1.807, 2.05) is 13.1 Å². The van der Waals surface area contributed by atoms with Crippen molar-refractivity contribution in [1.82, 2.24) is 9.97 Å². The lowest BCUT2D eigenvalue weighted by Crippen LogP contribution is -2.38. The van der Waals surface area contributed by atoms with Gasteiger partial charge in [-0.25, -0.2) is 4.98 Å². The van der Waals surface area contributed by atoms with E-state index in [2.05, 4.69) is 14.9 Å². The lowest BCUT2D eigenvalue weighted by molar-refractivity contribution is -0.0195. The molecule has 19 heavy (non-hydrogen) atoms. The minimum Gasteiger partial charge on any atom is -0.375 e. The van der Waals surface area contributed by atoms with Crippen molar-refractivity contribution >= 4 is 5.82 Å². The van der Waals surface area contributed by atoms with E-state index in [1.165, 1.54) is 25.7 Å². The first kappa shape index (κ1) is 12.9. The van der Waals surface area contributed by atoms with E-state index in [4.69, 9.17) is 4.74 Å². The summed E-state index contributed by atoms with van der Waals surface area (Å²) in [5, 5.41) is 0. The van der Waals surface area contributed by atoms with Gasteiger partial charge in [-0.2, -0.15) is 0 Å². The molecule has 1 saturated carbocycles. The summed E-state index contributed by atoms with van der Waals surface area (Å²) in [5.74, 6) is 1.01. The average molecular weight is 261 g/mol. The molecular weight excluding hydrogens is 238 g/mol. The van der Waals surface area contributed by atoms with Crippen LogP contribution < -0.4 is 4.90 Å². The first-order chi connectivity index (χ1) is 9.31. The van der Waals surface area contributed by atoms with Crippen molar-refractivity contribution < 1.29 is 4.74 Å². The van der Waals surface area contributed by atoms with Gasteiger partial charge in [-0.05, 0) is 32.6 Å². The number of anilines is 1. The maximum atomic E-state index is 6.20. The van der Waals surface area contributed by atoms with Crippen LogP contribution in [0.3, 0.4) is 0 Å². The number of ether oxygens (including phenoxy) is 1. The molecule has 1 saturated heterocycles. The van der Waals surface area contributed by atoms with Gasteiger partial charge in [-0.15, -0.1) is 0 Å². The van der Waals surface area contributed by atoms with Crippen molar-refractivity contribution in [2.45, 2.75) is 57.7 Å². The van der Waals surface area contributed by atoms with E-state index in [9.17, 15) is 0 Å². The van der Waals surface area contributed by atoms with Crippen molar-refractivity contribution in [2.24, 2.45) is 0 Å². The minimum atomic E-state index is 0.456. The van der Waals surface area contributed by atoms with Gasteiger partial charge in [0.25, 0.3) is 0 Å². The van der Waals surface area contributed by atoms with E-state index < -0.39 is 0 Å². The zero-order chi connectivity index (χ0) is 13.1. The van der Waals surface area contributed by atoms with Gasteiger partial charge < -0.3 is 9.64 Å². The molecule has 1 aromatic rings. The Balaban J connectivity index is 1.51. The number of aromatic nitrogens is 2. The Hall–Kier alpha value is -1.16. The summed E-state index contributed by atoms with van der Waals surface area (Å²) in [6.07, 6.45) is 12.1. The quantitative estimate of drug-likeness (QED) is 0.838. The number of rotatable bonds is 3. The molecule has 2 aliphatic rings. The van der Waals surface area contributed by atoms with Gasteiger partial charge in [-0.1, -0.05) is 12.8 Å². The van der Waals surface area contributed by atoms with E-state index in [-0.39, 0.29) is 0 Å². The predicted molar refractivity (Wildman–Crippen MR) is 75.3 cm³/mol. The monoisotopic (exact) mass is 261 g/mol. The molecule has 1 aromatic heterocycles. The molecule has 0 radical (unpaired) electrons. The molecule has 0 atom stereocenters. The standard InChI is InChI=1S/C15H23N3O/c1-12-10-16-11-15(17-12)18-8-6-14(7-9-18)19-13-4-2-3-5-13/h10-11,13-14H,2-9H2,1H3. The summed E-state index contributed by atoms with van der Waals surface area (Å²) >= 11 is 0. The minimum absolute atomic E-state index is 0.456. The summed E-state index contributed by atoms with van der Waals surface area (Å²) in [7, 11) is 0. The molecule has 2 heterocycles. The lowest BCUT2D eigenvalue weighted by atomic mass is 10.1. The molecule has 3 rings (SSSR count). The molecule has 0 unspecified atom stereocenters. The Labute approximate surface area is 115 Å².